The number of benzene rings is 2. The van der Waals surface area contributed by atoms with E-state index in [0.29, 0.717) is 30.5 Å². The van der Waals surface area contributed by atoms with Crippen molar-refractivity contribution in [2.75, 3.05) is 6.54 Å². The van der Waals surface area contributed by atoms with Gasteiger partial charge >= 0.3 is 5.69 Å². The lowest BCUT2D eigenvalue weighted by Crippen LogP contribution is -2.31. The summed E-state index contributed by atoms with van der Waals surface area (Å²) < 4.78 is 14.7. The summed E-state index contributed by atoms with van der Waals surface area (Å²) in [7, 11) is 0. The lowest BCUT2D eigenvalue weighted by Gasteiger charge is -2.07. The predicted molar refractivity (Wildman–Crippen MR) is 90.4 cm³/mol. The van der Waals surface area contributed by atoms with Crippen LogP contribution in [0, 0.1) is 12.7 Å². The zero-order valence-corrected chi connectivity index (χ0v) is 13.3. The minimum Gasteiger partial charge on any atom is -0.354 e. The van der Waals surface area contributed by atoms with E-state index in [-0.39, 0.29) is 11.6 Å². The molecular formula is C18H18FN3O2. The molecule has 3 aromatic rings. The molecule has 0 fully saturated rings. The molecule has 24 heavy (non-hydrogen) atoms. The van der Waals surface area contributed by atoms with Gasteiger partial charge in [-0.25, -0.2) is 9.18 Å². The highest BCUT2D eigenvalue weighted by atomic mass is 19.1. The van der Waals surface area contributed by atoms with Crippen molar-refractivity contribution in [2.24, 2.45) is 0 Å². The highest BCUT2D eigenvalue weighted by Gasteiger charge is 2.08. The van der Waals surface area contributed by atoms with Crippen LogP contribution in [-0.2, 0) is 17.8 Å². The van der Waals surface area contributed by atoms with Crippen LogP contribution in [0.15, 0.2) is 47.3 Å². The summed E-state index contributed by atoms with van der Waals surface area (Å²) in [5.41, 5.74) is 2.84. The highest BCUT2D eigenvalue weighted by Crippen LogP contribution is 2.11. The van der Waals surface area contributed by atoms with Gasteiger partial charge in [-0.15, -0.1) is 0 Å². The zero-order valence-electron chi connectivity index (χ0n) is 13.3. The van der Waals surface area contributed by atoms with Gasteiger partial charge in [-0.1, -0.05) is 29.8 Å². The van der Waals surface area contributed by atoms with E-state index in [1.807, 2.05) is 31.2 Å². The van der Waals surface area contributed by atoms with E-state index in [4.69, 9.17) is 0 Å². The summed E-state index contributed by atoms with van der Waals surface area (Å²) in [5.74, 6) is -0.500. The number of carbonyl (C=O) groups excluding carboxylic acids is 1. The third-order valence-corrected chi connectivity index (χ3v) is 3.88. The van der Waals surface area contributed by atoms with Crippen molar-refractivity contribution in [1.29, 1.82) is 0 Å². The van der Waals surface area contributed by atoms with Crippen LogP contribution in [0.1, 0.15) is 11.1 Å². The molecular weight excluding hydrogens is 309 g/mol. The monoisotopic (exact) mass is 327 g/mol. The average molecular weight is 327 g/mol. The van der Waals surface area contributed by atoms with Gasteiger partial charge in [-0.05, 0) is 30.7 Å². The van der Waals surface area contributed by atoms with Crippen LogP contribution < -0.4 is 11.0 Å². The molecule has 3 rings (SSSR count). The van der Waals surface area contributed by atoms with Gasteiger partial charge in [0.15, 0.2) is 0 Å². The Hall–Kier alpha value is -2.89. The fourth-order valence-electron chi connectivity index (χ4n) is 2.62. The zero-order chi connectivity index (χ0) is 17.1. The van der Waals surface area contributed by atoms with Gasteiger partial charge in [0.05, 0.1) is 17.5 Å². The van der Waals surface area contributed by atoms with Crippen molar-refractivity contribution >= 4 is 16.9 Å². The second-order valence-electron chi connectivity index (χ2n) is 5.76. The number of hydrogen-bond donors (Lipinski definition) is 2. The van der Waals surface area contributed by atoms with Gasteiger partial charge in [0.2, 0.25) is 5.91 Å². The normalized spacial score (nSPS) is 10.9. The number of fused-ring (bicyclic) bond motifs is 1. The number of nitrogens with zero attached hydrogens (tertiary/aromatic N) is 1. The van der Waals surface area contributed by atoms with Gasteiger partial charge in [0.25, 0.3) is 0 Å². The number of halogens is 1. The van der Waals surface area contributed by atoms with E-state index in [9.17, 15) is 14.0 Å². The average Bonchev–Trinajstić information content (AvgIpc) is 2.84. The van der Waals surface area contributed by atoms with Gasteiger partial charge in [-0.3, -0.25) is 9.36 Å². The third kappa shape index (κ3) is 3.53. The Balaban J connectivity index is 1.60. The topological polar surface area (TPSA) is 66.9 Å². The molecule has 0 aliphatic carbocycles. The highest BCUT2D eigenvalue weighted by molar-refractivity contribution is 5.78. The Bertz CT molecular complexity index is 926. The SMILES string of the molecule is Cc1ccc(CC(=O)NCCn2c(=O)[nH]c3cc(F)ccc32)cc1. The fourth-order valence-corrected chi connectivity index (χ4v) is 2.62. The Morgan fingerprint density at radius 1 is 1.21 bits per heavy atom. The first-order chi connectivity index (χ1) is 11.5. The van der Waals surface area contributed by atoms with Crippen molar-refractivity contribution in [3.63, 3.8) is 0 Å². The van der Waals surface area contributed by atoms with Crippen molar-refractivity contribution in [1.82, 2.24) is 14.9 Å². The summed E-state index contributed by atoms with van der Waals surface area (Å²) in [4.78, 5) is 26.5. The molecule has 0 aliphatic heterocycles. The van der Waals surface area contributed by atoms with Crippen LogP contribution in [0.4, 0.5) is 4.39 Å². The Kier molecular flexibility index (Phi) is 4.46. The summed E-state index contributed by atoms with van der Waals surface area (Å²) in [6, 6.07) is 11.9. The van der Waals surface area contributed by atoms with E-state index in [0.717, 1.165) is 11.1 Å². The largest absolute Gasteiger partial charge is 0.354 e. The third-order valence-electron chi connectivity index (χ3n) is 3.88. The van der Waals surface area contributed by atoms with E-state index < -0.39 is 5.82 Å². The van der Waals surface area contributed by atoms with Crippen LogP contribution in [0.3, 0.4) is 0 Å². The Morgan fingerprint density at radius 3 is 2.71 bits per heavy atom. The smallest absolute Gasteiger partial charge is 0.326 e. The van der Waals surface area contributed by atoms with E-state index in [1.54, 1.807) is 6.07 Å². The second-order valence-corrected chi connectivity index (χ2v) is 5.76. The number of imidazole rings is 1. The molecule has 0 saturated heterocycles. The number of rotatable bonds is 5. The first kappa shape index (κ1) is 16.0. The Labute approximate surface area is 138 Å². The molecule has 2 N–H and O–H groups in total. The van der Waals surface area contributed by atoms with Gasteiger partial charge in [0.1, 0.15) is 5.82 Å². The van der Waals surface area contributed by atoms with E-state index >= 15 is 0 Å². The number of hydrogen-bond acceptors (Lipinski definition) is 2. The standard InChI is InChI=1S/C18H18FN3O2/c1-12-2-4-13(5-3-12)10-17(23)20-8-9-22-16-7-6-14(19)11-15(16)21-18(22)24/h2-7,11H,8-10H2,1H3,(H,20,23)(H,21,24). The lowest BCUT2D eigenvalue weighted by atomic mass is 10.1. The van der Waals surface area contributed by atoms with Gasteiger partial charge < -0.3 is 10.3 Å². The molecule has 0 aliphatic rings. The fraction of sp³-hybridized carbons (Fsp3) is 0.222. The Morgan fingerprint density at radius 2 is 1.96 bits per heavy atom. The molecule has 0 spiro atoms. The molecule has 0 unspecified atom stereocenters. The first-order valence-electron chi connectivity index (χ1n) is 7.73. The lowest BCUT2D eigenvalue weighted by molar-refractivity contribution is -0.120. The number of amides is 1. The number of nitrogens with one attached hydrogen (secondary N) is 2. The molecule has 1 amide bonds. The van der Waals surface area contributed by atoms with Crippen molar-refractivity contribution < 1.29 is 9.18 Å². The molecule has 124 valence electrons. The molecule has 6 heteroatoms. The summed E-state index contributed by atoms with van der Waals surface area (Å²) in [6.45, 7) is 2.65. The van der Waals surface area contributed by atoms with Crippen molar-refractivity contribution in [3.05, 3.63) is 69.9 Å². The van der Waals surface area contributed by atoms with Crippen LogP contribution >= 0.6 is 0 Å². The number of aromatic amines is 1. The van der Waals surface area contributed by atoms with Crippen molar-refractivity contribution in [2.45, 2.75) is 19.9 Å². The van der Waals surface area contributed by atoms with Crippen molar-refractivity contribution in [3.8, 4) is 0 Å². The second kappa shape index (κ2) is 6.70. The van der Waals surface area contributed by atoms with Crippen LogP contribution in [0.2, 0.25) is 0 Å². The van der Waals surface area contributed by atoms with Crippen LogP contribution in [-0.4, -0.2) is 22.0 Å². The minimum atomic E-state index is -0.401. The predicted octanol–water partition coefficient (Wildman–Crippen LogP) is 2.14. The summed E-state index contributed by atoms with van der Waals surface area (Å²) in [6.07, 6.45) is 0.300. The van der Waals surface area contributed by atoms with Crippen LogP contribution in [0.25, 0.3) is 11.0 Å². The quantitative estimate of drug-likeness (QED) is 0.754. The summed E-state index contributed by atoms with van der Waals surface area (Å²) >= 11 is 0. The maximum Gasteiger partial charge on any atom is 0.326 e. The minimum absolute atomic E-state index is 0.0993. The molecule has 1 aromatic heterocycles. The number of aromatic nitrogens is 2. The maximum atomic E-state index is 13.2. The molecule has 1 heterocycles. The van der Waals surface area contributed by atoms with Gasteiger partial charge in [0, 0.05) is 13.1 Å². The maximum absolute atomic E-state index is 13.2. The first-order valence-corrected chi connectivity index (χ1v) is 7.73. The molecule has 0 bridgehead atoms. The van der Waals surface area contributed by atoms with Crippen LogP contribution in [0.5, 0.6) is 0 Å². The molecule has 0 saturated carbocycles. The summed E-state index contributed by atoms with van der Waals surface area (Å²) in [5, 5.41) is 2.80. The molecule has 0 atom stereocenters. The molecule has 5 nitrogen and oxygen atoms in total. The number of carbonyl (C=O) groups is 1. The van der Waals surface area contributed by atoms with E-state index in [2.05, 4.69) is 10.3 Å². The number of aryl methyl sites for hydroxylation is 1. The van der Waals surface area contributed by atoms with E-state index in [1.165, 1.54) is 16.7 Å². The molecule has 2 aromatic carbocycles. The molecule has 0 radical (unpaired) electrons. The van der Waals surface area contributed by atoms with Gasteiger partial charge in [-0.2, -0.15) is 0 Å². The number of H-pyrrole nitrogens is 1.